The number of carbonyl (C=O) groups excluding carboxylic acids is 1. The van der Waals surface area contributed by atoms with Crippen molar-refractivity contribution in [1.82, 2.24) is 19.5 Å². The molecule has 3 aromatic heterocycles. The second-order valence-corrected chi connectivity index (χ2v) is 6.05. The van der Waals surface area contributed by atoms with E-state index in [-0.39, 0.29) is 19.0 Å². The molecule has 3 heterocycles. The standard InChI is InChI=1S/C17H14Cl2N4O2/c18-15-2-1-13(8-22-15)9-23-6-5-21-17(23)14(24)11-25-10-12-3-4-20-16(19)7-12/h1-8H,9-11H2. The van der Waals surface area contributed by atoms with Crippen LogP contribution in [-0.4, -0.2) is 31.9 Å². The van der Waals surface area contributed by atoms with E-state index in [4.69, 9.17) is 27.9 Å². The summed E-state index contributed by atoms with van der Waals surface area (Å²) < 4.78 is 7.21. The molecule has 0 unspecified atom stereocenters. The minimum atomic E-state index is -0.202. The Morgan fingerprint density at radius 3 is 2.68 bits per heavy atom. The van der Waals surface area contributed by atoms with Crippen molar-refractivity contribution in [2.24, 2.45) is 0 Å². The molecule has 0 bridgehead atoms. The molecule has 8 heteroatoms. The second kappa shape index (κ2) is 8.20. The van der Waals surface area contributed by atoms with E-state index in [1.54, 1.807) is 47.6 Å². The summed E-state index contributed by atoms with van der Waals surface area (Å²) in [5.41, 5.74) is 1.77. The molecule has 0 N–H and O–H groups in total. The molecule has 0 atom stereocenters. The van der Waals surface area contributed by atoms with E-state index in [0.29, 0.717) is 22.7 Å². The van der Waals surface area contributed by atoms with Crippen LogP contribution in [-0.2, 0) is 17.9 Å². The van der Waals surface area contributed by atoms with Crippen LogP contribution in [0.4, 0.5) is 0 Å². The summed E-state index contributed by atoms with van der Waals surface area (Å²) >= 11 is 11.6. The highest BCUT2D eigenvalue weighted by atomic mass is 35.5. The summed E-state index contributed by atoms with van der Waals surface area (Å²) in [6.45, 7) is 0.677. The van der Waals surface area contributed by atoms with E-state index in [9.17, 15) is 4.79 Å². The first-order chi connectivity index (χ1) is 12.1. The fourth-order valence-corrected chi connectivity index (χ4v) is 2.55. The van der Waals surface area contributed by atoms with E-state index < -0.39 is 0 Å². The molecular weight excluding hydrogens is 363 g/mol. The Hall–Kier alpha value is -2.28. The Kier molecular flexibility index (Phi) is 5.75. The molecule has 0 aliphatic carbocycles. The lowest BCUT2D eigenvalue weighted by atomic mass is 10.2. The van der Waals surface area contributed by atoms with Crippen LogP contribution in [0.5, 0.6) is 0 Å². The van der Waals surface area contributed by atoms with Gasteiger partial charge in [-0.3, -0.25) is 4.79 Å². The quantitative estimate of drug-likeness (QED) is 0.466. The molecule has 3 rings (SSSR count). The largest absolute Gasteiger partial charge is 0.368 e. The van der Waals surface area contributed by atoms with Crippen molar-refractivity contribution < 1.29 is 9.53 Å². The summed E-state index contributed by atoms with van der Waals surface area (Å²) in [4.78, 5) is 24.4. The number of aromatic nitrogens is 4. The first kappa shape index (κ1) is 17.5. The molecule has 0 aliphatic heterocycles. The van der Waals surface area contributed by atoms with Gasteiger partial charge in [0.25, 0.3) is 0 Å². The second-order valence-electron chi connectivity index (χ2n) is 5.27. The van der Waals surface area contributed by atoms with Crippen molar-refractivity contribution in [3.8, 4) is 0 Å². The molecule has 0 fully saturated rings. The zero-order valence-electron chi connectivity index (χ0n) is 13.1. The van der Waals surface area contributed by atoms with Crippen molar-refractivity contribution >= 4 is 29.0 Å². The molecule has 6 nitrogen and oxygen atoms in total. The molecule has 0 aliphatic rings. The van der Waals surface area contributed by atoms with Gasteiger partial charge in [-0.1, -0.05) is 29.3 Å². The van der Waals surface area contributed by atoms with E-state index in [1.807, 2.05) is 6.07 Å². The van der Waals surface area contributed by atoms with Crippen LogP contribution in [0.3, 0.4) is 0 Å². The molecule has 128 valence electrons. The molecule has 0 amide bonds. The minimum Gasteiger partial charge on any atom is -0.368 e. The Balaban J connectivity index is 1.59. The summed E-state index contributed by atoms with van der Waals surface area (Å²) in [5.74, 6) is 0.134. The van der Waals surface area contributed by atoms with Gasteiger partial charge < -0.3 is 9.30 Å². The highest BCUT2D eigenvalue weighted by molar-refractivity contribution is 6.29. The number of nitrogens with zero attached hydrogens (tertiary/aromatic N) is 4. The Morgan fingerprint density at radius 1 is 1.04 bits per heavy atom. The highest BCUT2D eigenvalue weighted by Gasteiger charge is 2.13. The fraction of sp³-hybridized carbons (Fsp3) is 0.176. The molecular formula is C17H14Cl2N4O2. The predicted octanol–water partition coefficient (Wildman–Crippen LogP) is 3.43. The normalized spacial score (nSPS) is 10.8. The molecule has 0 saturated carbocycles. The lowest BCUT2D eigenvalue weighted by Crippen LogP contribution is -2.16. The lowest BCUT2D eigenvalue weighted by molar-refractivity contribution is 0.0712. The van der Waals surface area contributed by atoms with E-state index in [2.05, 4.69) is 15.0 Å². The molecule has 0 spiro atoms. The third-order valence-corrected chi connectivity index (χ3v) is 3.83. The van der Waals surface area contributed by atoms with Gasteiger partial charge in [0.05, 0.1) is 13.2 Å². The number of Topliss-reactive ketones (excluding diaryl/α,β-unsaturated/α-hetero) is 1. The summed E-state index contributed by atoms with van der Waals surface area (Å²) in [7, 11) is 0. The van der Waals surface area contributed by atoms with Crippen LogP contribution in [0.15, 0.2) is 49.1 Å². The Labute approximate surface area is 154 Å². The maximum Gasteiger partial charge on any atom is 0.223 e. The maximum atomic E-state index is 12.3. The molecule has 25 heavy (non-hydrogen) atoms. The van der Waals surface area contributed by atoms with Gasteiger partial charge in [0, 0.05) is 24.8 Å². The van der Waals surface area contributed by atoms with Gasteiger partial charge in [-0.15, -0.1) is 0 Å². The zero-order valence-corrected chi connectivity index (χ0v) is 14.6. The summed E-state index contributed by atoms with van der Waals surface area (Å²) in [6, 6.07) is 7.04. The first-order valence-electron chi connectivity index (χ1n) is 7.45. The number of rotatable bonds is 7. The van der Waals surface area contributed by atoms with Gasteiger partial charge in [-0.05, 0) is 29.3 Å². The number of imidazole rings is 1. The number of pyridine rings is 2. The van der Waals surface area contributed by atoms with Gasteiger partial charge in [-0.25, -0.2) is 15.0 Å². The van der Waals surface area contributed by atoms with E-state index in [0.717, 1.165) is 11.1 Å². The molecule has 0 radical (unpaired) electrons. The van der Waals surface area contributed by atoms with Crippen LogP contribution in [0.1, 0.15) is 21.7 Å². The number of halogens is 2. The number of hydrogen-bond donors (Lipinski definition) is 0. The zero-order chi connectivity index (χ0) is 17.6. The van der Waals surface area contributed by atoms with Gasteiger partial charge in [0.1, 0.15) is 16.9 Å². The number of hydrogen-bond acceptors (Lipinski definition) is 5. The monoisotopic (exact) mass is 376 g/mol. The van der Waals surface area contributed by atoms with Crippen molar-refractivity contribution in [3.05, 3.63) is 76.3 Å². The Morgan fingerprint density at radius 2 is 1.92 bits per heavy atom. The average molecular weight is 377 g/mol. The molecule has 0 saturated heterocycles. The topological polar surface area (TPSA) is 69.9 Å². The van der Waals surface area contributed by atoms with Crippen LogP contribution in [0, 0.1) is 0 Å². The fourth-order valence-electron chi connectivity index (χ4n) is 2.24. The summed E-state index contributed by atoms with van der Waals surface area (Å²) in [5, 5.41) is 0.815. The number of carbonyl (C=O) groups is 1. The Bertz CT molecular complexity index is 865. The van der Waals surface area contributed by atoms with Gasteiger partial charge in [0.2, 0.25) is 5.78 Å². The predicted molar refractivity (Wildman–Crippen MR) is 93.8 cm³/mol. The summed E-state index contributed by atoms with van der Waals surface area (Å²) in [6.07, 6.45) is 6.58. The number of ether oxygens (including phenoxy) is 1. The van der Waals surface area contributed by atoms with Gasteiger partial charge in [-0.2, -0.15) is 0 Å². The third-order valence-electron chi connectivity index (χ3n) is 3.40. The van der Waals surface area contributed by atoms with Crippen molar-refractivity contribution in [3.63, 3.8) is 0 Å². The van der Waals surface area contributed by atoms with E-state index >= 15 is 0 Å². The average Bonchev–Trinajstić information content (AvgIpc) is 3.05. The number of ketones is 1. The lowest BCUT2D eigenvalue weighted by Gasteiger charge is -2.08. The minimum absolute atomic E-state index is 0.0736. The first-order valence-corrected chi connectivity index (χ1v) is 8.20. The van der Waals surface area contributed by atoms with Crippen LogP contribution in [0.25, 0.3) is 0 Å². The van der Waals surface area contributed by atoms with Crippen molar-refractivity contribution in [2.45, 2.75) is 13.2 Å². The van der Waals surface area contributed by atoms with Gasteiger partial charge in [0.15, 0.2) is 5.82 Å². The van der Waals surface area contributed by atoms with Crippen LogP contribution >= 0.6 is 23.2 Å². The van der Waals surface area contributed by atoms with Crippen molar-refractivity contribution in [2.75, 3.05) is 6.61 Å². The van der Waals surface area contributed by atoms with Crippen molar-refractivity contribution in [1.29, 1.82) is 0 Å². The van der Waals surface area contributed by atoms with Crippen LogP contribution in [0.2, 0.25) is 10.3 Å². The van der Waals surface area contributed by atoms with E-state index in [1.165, 1.54) is 0 Å². The smallest absolute Gasteiger partial charge is 0.223 e. The van der Waals surface area contributed by atoms with Gasteiger partial charge >= 0.3 is 0 Å². The molecule has 0 aromatic carbocycles. The SMILES string of the molecule is O=C(COCc1ccnc(Cl)c1)c1nccn1Cc1ccc(Cl)nc1. The maximum absolute atomic E-state index is 12.3. The van der Waals surface area contributed by atoms with Crippen LogP contribution < -0.4 is 0 Å². The third kappa shape index (κ3) is 4.85. The molecule has 3 aromatic rings. The highest BCUT2D eigenvalue weighted by Crippen LogP contribution is 2.10.